The Bertz CT molecular complexity index is 718. The van der Waals surface area contributed by atoms with E-state index in [9.17, 15) is 5.11 Å². The first-order chi connectivity index (χ1) is 9.15. The van der Waals surface area contributed by atoms with Crippen LogP contribution >= 0.6 is 27.3 Å². The second-order valence-electron chi connectivity index (χ2n) is 4.47. The van der Waals surface area contributed by atoms with E-state index in [0.29, 0.717) is 0 Å². The maximum absolute atomic E-state index is 10.4. The Balaban J connectivity index is 2.03. The van der Waals surface area contributed by atoms with Gasteiger partial charge in [-0.1, -0.05) is 18.2 Å². The molecule has 0 fully saturated rings. The molecule has 19 heavy (non-hydrogen) atoms. The number of pyridine rings is 1. The zero-order chi connectivity index (χ0) is 13.4. The Hall–Kier alpha value is -1.23. The van der Waals surface area contributed by atoms with Crippen LogP contribution in [0.15, 0.2) is 46.4 Å². The highest BCUT2D eigenvalue weighted by Crippen LogP contribution is 2.34. The molecular weight excluding hydrogens is 322 g/mol. The minimum absolute atomic E-state index is 0.618. The van der Waals surface area contributed by atoms with Gasteiger partial charge in [0, 0.05) is 22.0 Å². The molecule has 0 saturated carbocycles. The quantitative estimate of drug-likeness (QED) is 0.751. The van der Waals surface area contributed by atoms with Crippen molar-refractivity contribution in [2.75, 3.05) is 0 Å². The van der Waals surface area contributed by atoms with Gasteiger partial charge in [-0.2, -0.15) is 0 Å². The summed E-state index contributed by atoms with van der Waals surface area (Å²) in [5.74, 6) is 0. The molecule has 0 aliphatic carbocycles. The van der Waals surface area contributed by atoms with Crippen LogP contribution in [-0.2, 0) is 0 Å². The maximum atomic E-state index is 10.4. The number of para-hydroxylation sites is 1. The second-order valence-corrected chi connectivity index (χ2v) is 6.87. The van der Waals surface area contributed by atoms with Crippen molar-refractivity contribution in [1.29, 1.82) is 0 Å². The lowest BCUT2D eigenvalue weighted by atomic mass is 10.1. The number of hydrogen-bond donors (Lipinski definition) is 1. The van der Waals surface area contributed by atoms with Crippen molar-refractivity contribution < 1.29 is 5.11 Å². The van der Waals surface area contributed by atoms with Crippen LogP contribution in [-0.4, -0.2) is 10.1 Å². The minimum Gasteiger partial charge on any atom is -0.383 e. The number of thiophene rings is 1. The van der Waals surface area contributed by atoms with Crippen molar-refractivity contribution in [2.45, 2.75) is 13.0 Å². The number of nitrogens with zero attached hydrogens (tertiary/aromatic N) is 1. The molecular formula is C15H12BrNOS. The third-order valence-electron chi connectivity index (χ3n) is 3.07. The molecule has 96 valence electrons. The lowest BCUT2D eigenvalue weighted by Gasteiger charge is -2.09. The summed E-state index contributed by atoms with van der Waals surface area (Å²) < 4.78 is 1.07. The van der Waals surface area contributed by atoms with Crippen LogP contribution < -0.4 is 0 Å². The number of aryl methyl sites for hydroxylation is 1. The molecule has 2 aromatic heterocycles. The van der Waals surface area contributed by atoms with Crippen molar-refractivity contribution in [3.63, 3.8) is 0 Å². The van der Waals surface area contributed by atoms with Crippen LogP contribution in [0.4, 0.5) is 0 Å². The summed E-state index contributed by atoms with van der Waals surface area (Å²) in [6.07, 6.45) is 1.13. The van der Waals surface area contributed by atoms with Gasteiger partial charge in [0.25, 0.3) is 0 Å². The molecule has 4 heteroatoms. The van der Waals surface area contributed by atoms with E-state index in [-0.39, 0.29) is 0 Å². The normalized spacial score (nSPS) is 12.8. The second kappa shape index (κ2) is 5.04. The third-order valence-corrected chi connectivity index (χ3v) is 5.26. The minimum atomic E-state index is -0.618. The number of halogens is 1. The lowest BCUT2D eigenvalue weighted by Crippen LogP contribution is -1.98. The van der Waals surface area contributed by atoms with Crippen LogP contribution in [0.2, 0.25) is 0 Å². The Morgan fingerprint density at radius 1 is 1.26 bits per heavy atom. The third kappa shape index (κ3) is 2.43. The molecule has 0 radical (unpaired) electrons. The highest BCUT2D eigenvalue weighted by molar-refractivity contribution is 9.11. The Kier molecular flexibility index (Phi) is 3.39. The van der Waals surface area contributed by atoms with Crippen molar-refractivity contribution in [1.82, 2.24) is 4.98 Å². The lowest BCUT2D eigenvalue weighted by molar-refractivity contribution is 0.224. The summed E-state index contributed by atoms with van der Waals surface area (Å²) in [4.78, 5) is 5.32. The van der Waals surface area contributed by atoms with Crippen molar-refractivity contribution >= 4 is 38.2 Å². The molecule has 1 N–H and O–H groups in total. The van der Waals surface area contributed by atoms with Gasteiger partial charge in [0.15, 0.2) is 0 Å². The highest BCUT2D eigenvalue weighted by Gasteiger charge is 2.15. The first-order valence-corrected chi connectivity index (χ1v) is 7.54. The summed E-state index contributed by atoms with van der Waals surface area (Å²) in [7, 11) is 0. The largest absolute Gasteiger partial charge is 0.383 e. The fourth-order valence-corrected chi connectivity index (χ4v) is 3.61. The molecule has 2 heterocycles. The monoisotopic (exact) mass is 333 g/mol. The number of fused-ring (bicyclic) bond motifs is 1. The molecule has 0 bridgehead atoms. The molecule has 0 aliphatic heterocycles. The first kappa shape index (κ1) is 12.8. The van der Waals surface area contributed by atoms with E-state index in [4.69, 9.17) is 0 Å². The van der Waals surface area contributed by atoms with Crippen molar-refractivity contribution in [2.24, 2.45) is 0 Å². The summed E-state index contributed by atoms with van der Waals surface area (Å²) in [5, 5.41) is 11.5. The van der Waals surface area contributed by atoms with E-state index in [2.05, 4.69) is 20.9 Å². The number of benzene rings is 1. The van der Waals surface area contributed by atoms with Gasteiger partial charge in [0.2, 0.25) is 0 Å². The highest BCUT2D eigenvalue weighted by atomic mass is 79.9. The van der Waals surface area contributed by atoms with Crippen LogP contribution in [0, 0.1) is 6.92 Å². The first-order valence-electron chi connectivity index (χ1n) is 5.94. The number of aromatic nitrogens is 1. The Morgan fingerprint density at radius 3 is 2.79 bits per heavy atom. The molecule has 0 aliphatic rings. The maximum Gasteiger partial charge on any atom is 0.115 e. The average molecular weight is 334 g/mol. The van der Waals surface area contributed by atoms with Crippen LogP contribution in [0.1, 0.15) is 22.1 Å². The molecule has 3 rings (SSSR count). The number of rotatable bonds is 2. The van der Waals surface area contributed by atoms with E-state index in [0.717, 1.165) is 30.7 Å². The predicted octanol–water partition coefficient (Wildman–Crippen LogP) is 4.45. The van der Waals surface area contributed by atoms with Gasteiger partial charge in [-0.25, -0.2) is 0 Å². The summed E-state index contributed by atoms with van der Waals surface area (Å²) in [5.41, 5.74) is 2.92. The van der Waals surface area contributed by atoms with Crippen LogP contribution in [0.3, 0.4) is 0 Å². The Labute approximate surface area is 123 Å². The number of aliphatic hydroxyl groups is 1. The summed E-state index contributed by atoms with van der Waals surface area (Å²) in [6.45, 7) is 2.02. The van der Waals surface area contributed by atoms with Gasteiger partial charge in [-0.15, -0.1) is 11.3 Å². The standard InChI is InChI=1S/C15H12BrNOS/c1-9-6-13(19-15(9)16)14(18)11-7-10-4-2-3-5-12(10)17-8-11/h2-8,14,18H,1H3. The van der Waals surface area contributed by atoms with Crippen LogP contribution in [0.5, 0.6) is 0 Å². The van der Waals surface area contributed by atoms with Crippen molar-refractivity contribution in [3.05, 3.63) is 62.4 Å². The molecule has 1 unspecified atom stereocenters. The molecule has 0 amide bonds. The van der Waals surface area contributed by atoms with Crippen molar-refractivity contribution in [3.8, 4) is 0 Å². The molecule has 0 saturated heterocycles. The zero-order valence-electron chi connectivity index (χ0n) is 10.3. The van der Waals surface area contributed by atoms with E-state index in [1.54, 1.807) is 17.5 Å². The zero-order valence-corrected chi connectivity index (χ0v) is 12.7. The fourth-order valence-electron chi connectivity index (χ4n) is 2.02. The van der Waals surface area contributed by atoms with E-state index in [1.807, 2.05) is 43.3 Å². The fraction of sp³-hybridized carbons (Fsp3) is 0.133. The van der Waals surface area contributed by atoms with E-state index < -0.39 is 6.10 Å². The smallest absolute Gasteiger partial charge is 0.115 e. The average Bonchev–Trinajstić information content (AvgIpc) is 2.77. The van der Waals surface area contributed by atoms with Gasteiger partial charge < -0.3 is 5.11 Å². The molecule has 0 spiro atoms. The SMILES string of the molecule is Cc1cc(C(O)c2cnc3ccccc3c2)sc1Br. The van der Waals surface area contributed by atoms with Gasteiger partial charge in [-0.3, -0.25) is 4.98 Å². The van der Waals surface area contributed by atoms with Gasteiger partial charge in [-0.05, 0) is 46.6 Å². The number of hydrogen-bond acceptors (Lipinski definition) is 3. The molecule has 2 nitrogen and oxygen atoms in total. The number of aliphatic hydroxyl groups excluding tert-OH is 1. The Morgan fingerprint density at radius 2 is 2.05 bits per heavy atom. The van der Waals surface area contributed by atoms with Crippen LogP contribution in [0.25, 0.3) is 10.9 Å². The topological polar surface area (TPSA) is 33.1 Å². The molecule has 1 aromatic carbocycles. The van der Waals surface area contributed by atoms with Gasteiger partial charge in [0.1, 0.15) is 6.10 Å². The van der Waals surface area contributed by atoms with E-state index in [1.165, 1.54) is 0 Å². The molecule has 1 atom stereocenters. The summed E-state index contributed by atoms with van der Waals surface area (Å²) >= 11 is 5.05. The van der Waals surface area contributed by atoms with Gasteiger partial charge >= 0.3 is 0 Å². The molecule has 3 aromatic rings. The predicted molar refractivity (Wildman–Crippen MR) is 82.6 cm³/mol. The summed E-state index contributed by atoms with van der Waals surface area (Å²) in [6, 6.07) is 11.9. The van der Waals surface area contributed by atoms with Gasteiger partial charge in [0.05, 0.1) is 9.30 Å². The van der Waals surface area contributed by atoms with E-state index >= 15 is 0 Å².